The first-order chi connectivity index (χ1) is 7.81. The monoisotopic (exact) mass is 232 g/mol. The Labute approximate surface area is 95.7 Å². The number of amides is 1. The largest absolute Gasteiger partial charge is 0.379 e. The molecule has 0 rings (SSSR count). The molecule has 6 nitrogen and oxygen atoms in total. The molecule has 0 spiro atoms. The molecule has 0 aromatic rings. The summed E-state index contributed by atoms with van der Waals surface area (Å²) >= 11 is 0. The second-order valence-corrected chi connectivity index (χ2v) is 3.06. The molecule has 0 saturated carbocycles. The molecule has 0 aliphatic rings. The number of ether oxygens (including phenoxy) is 2. The number of rotatable bonds is 11. The minimum Gasteiger partial charge on any atom is -0.379 e. The highest BCUT2D eigenvalue weighted by atomic mass is 16.5. The Morgan fingerprint density at radius 2 is 1.88 bits per heavy atom. The van der Waals surface area contributed by atoms with Crippen LogP contribution in [0.4, 0.5) is 0 Å². The Morgan fingerprint density at radius 1 is 1.19 bits per heavy atom. The molecule has 0 heterocycles. The zero-order valence-electron chi connectivity index (χ0n) is 9.66. The molecule has 6 heteroatoms. The SMILES string of the molecule is CNCC(=O)NCCOCCOCCC=O. The van der Waals surface area contributed by atoms with Crippen LogP contribution in [0.25, 0.3) is 0 Å². The van der Waals surface area contributed by atoms with E-state index >= 15 is 0 Å². The van der Waals surface area contributed by atoms with Gasteiger partial charge in [-0.2, -0.15) is 0 Å². The molecule has 0 saturated heterocycles. The lowest BCUT2D eigenvalue weighted by Crippen LogP contribution is -2.34. The van der Waals surface area contributed by atoms with Gasteiger partial charge in [-0.1, -0.05) is 0 Å². The molecule has 0 atom stereocenters. The summed E-state index contributed by atoms with van der Waals surface area (Å²) in [5.41, 5.74) is 0. The van der Waals surface area contributed by atoms with Gasteiger partial charge in [0.1, 0.15) is 6.29 Å². The number of carbonyl (C=O) groups excluding carboxylic acids is 2. The van der Waals surface area contributed by atoms with E-state index in [0.717, 1.165) is 6.29 Å². The summed E-state index contributed by atoms with van der Waals surface area (Å²) in [4.78, 5) is 20.9. The fourth-order valence-electron chi connectivity index (χ4n) is 0.939. The van der Waals surface area contributed by atoms with Gasteiger partial charge in [-0.05, 0) is 7.05 Å². The maximum absolute atomic E-state index is 11.0. The summed E-state index contributed by atoms with van der Waals surface area (Å²) in [7, 11) is 1.72. The summed E-state index contributed by atoms with van der Waals surface area (Å²) in [6, 6.07) is 0. The highest BCUT2D eigenvalue weighted by molar-refractivity contribution is 5.77. The molecule has 94 valence electrons. The Morgan fingerprint density at radius 3 is 2.50 bits per heavy atom. The van der Waals surface area contributed by atoms with Crippen LogP contribution in [0.1, 0.15) is 6.42 Å². The first kappa shape index (κ1) is 15.0. The van der Waals surface area contributed by atoms with Crippen molar-refractivity contribution in [1.29, 1.82) is 0 Å². The van der Waals surface area contributed by atoms with Crippen molar-refractivity contribution in [2.75, 3.05) is 46.6 Å². The van der Waals surface area contributed by atoms with Crippen molar-refractivity contribution < 1.29 is 19.1 Å². The van der Waals surface area contributed by atoms with Crippen molar-refractivity contribution in [3.05, 3.63) is 0 Å². The fourth-order valence-corrected chi connectivity index (χ4v) is 0.939. The van der Waals surface area contributed by atoms with Gasteiger partial charge in [0.2, 0.25) is 5.91 Å². The van der Waals surface area contributed by atoms with Crippen LogP contribution in [0.2, 0.25) is 0 Å². The van der Waals surface area contributed by atoms with Crippen LogP contribution in [0.3, 0.4) is 0 Å². The van der Waals surface area contributed by atoms with Gasteiger partial charge in [-0.3, -0.25) is 4.79 Å². The summed E-state index contributed by atoms with van der Waals surface area (Å²) < 4.78 is 10.3. The number of hydrogen-bond acceptors (Lipinski definition) is 5. The van der Waals surface area contributed by atoms with Crippen molar-refractivity contribution in [1.82, 2.24) is 10.6 Å². The number of hydrogen-bond donors (Lipinski definition) is 2. The maximum Gasteiger partial charge on any atom is 0.234 e. The quantitative estimate of drug-likeness (QED) is 0.351. The molecule has 0 bridgehead atoms. The van der Waals surface area contributed by atoms with E-state index in [2.05, 4.69) is 10.6 Å². The Kier molecular flexibility index (Phi) is 11.4. The summed E-state index contributed by atoms with van der Waals surface area (Å²) in [5.74, 6) is -0.0478. The van der Waals surface area contributed by atoms with E-state index < -0.39 is 0 Å². The van der Waals surface area contributed by atoms with Crippen LogP contribution in [0, 0.1) is 0 Å². The minimum absolute atomic E-state index is 0.0478. The summed E-state index contributed by atoms with van der Waals surface area (Å²) in [6.07, 6.45) is 1.23. The third-order valence-electron chi connectivity index (χ3n) is 1.66. The topological polar surface area (TPSA) is 76.7 Å². The zero-order chi connectivity index (χ0) is 12.1. The highest BCUT2D eigenvalue weighted by Gasteiger charge is 1.96. The van der Waals surface area contributed by atoms with E-state index in [1.807, 2.05) is 0 Å². The molecule has 0 aromatic carbocycles. The average Bonchev–Trinajstić information content (AvgIpc) is 2.27. The van der Waals surface area contributed by atoms with Gasteiger partial charge in [0.25, 0.3) is 0 Å². The fraction of sp³-hybridized carbons (Fsp3) is 0.800. The van der Waals surface area contributed by atoms with Crippen molar-refractivity contribution in [3.63, 3.8) is 0 Å². The van der Waals surface area contributed by atoms with Crippen molar-refractivity contribution in [2.24, 2.45) is 0 Å². The molecular formula is C10H20N2O4. The van der Waals surface area contributed by atoms with Gasteiger partial charge >= 0.3 is 0 Å². The van der Waals surface area contributed by atoms with E-state index in [0.29, 0.717) is 45.9 Å². The molecule has 1 amide bonds. The third-order valence-corrected chi connectivity index (χ3v) is 1.66. The molecule has 0 aliphatic carbocycles. The van der Waals surface area contributed by atoms with Gasteiger partial charge < -0.3 is 24.9 Å². The number of likely N-dealkylation sites (N-methyl/N-ethyl adjacent to an activating group) is 1. The molecule has 0 aliphatic heterocycles. The molecule has 16 heavy (non-hydrogen) atoms. The van der Waals surface area contributed by atoms with Crippen LogP contribution in [0.15, 0.2) is 0 Å². The van der Waals surface area contributed by atoms with Crippen LogP contribution in [-0.2, 0) is 19.1 Å². The lowest BCUT2D eigenvalue weighted by Gasteiger charge is -2.06. The zero-order valence-corrected chi connectivity index (χ0v) is 9.66. The Balaban J connectivity index is 3.03. The van der Waals surface area contributed by atoms with Gasteiger partial charge in [0, 0.05) is 13.0 Å². The van der Waals surface area contributed by atoms with Crippen LogP contribution in [0.5, 0.6) is 0 Å². The molecule has 0 fully saturated rings. The first-order valence-electron chi connectivity index (χ1n) is 5.31. The van der Waals surface area contributed by atoms with Crippen LogP contribution < -0.4 is 10.6 Å². The third kappa shape index (κ3) is 11.1. The van der Waals surface area contributed by atoms with Crippen LogP contribution in [-0.4, -0.2) is 58.8 Å². The van der Waals surface area contributed by atoms with E-state index in [1.54, 1.807) is 7.05 Å². The highest BCUT2D eigenvalue weighted by Crippen LogP contribution is 1.80. The minimum atomic E-state index is -0.0478. The van der Waals surface area contributed by atoms with Crippen molar-refractivity contribution >= 4 is 12.2 Å². The van der Waals surface area contributed by atoms with E-state index in [1.165, 1.54) is 0 Å². The maximum atomic E-state index is 11.0. The van der Waals surface area contributed by atoms with E-state index in [9.17, 15) is 9.59 Å². The second kappa shape index (κ2) is 12.1. The Hall–Kier alpha value is -0.980. The van der Waals surface area contributed by atoms with Gasteiger partial charge in [0.05, 0.1) is 33.0 Å². The predicted molar refractivity (Wildman–Crippen MR) is 59.3 cm³/mol. The van der Waals surface area contributed by atoms with Crippen LogP contribution >= 0.6 is 0 Å². The number of nitrogens with one attached hydrogen (secondary N) is 2. The molecule has 0 aromatic heterocycles. The van der Waals surface area contributed by atoms with Crippen molar-refractivity contribution in [3.8, 4) is 0 Å². The lowest BCUT2D eigenvalue weighted by atomic mass is 10.5. The molecule has 0 unspecified atom stereocenters. The smallest absolute Gasteiger partial charge is 0.234 e. The number of aldehydes is 1. The Bertz CT molecular complexity index is 188. The summed E-state index contributed by atoms with van der Waals surface area (Å²) in [5, 5.41) is 5.43. The normalized spacial score (nSPS) is 10.1. The lowest BCUT2D eigenvalue weighted by molar-refractivity contribution is -0.120. The van der Waals surface area contributed by atoms with Crippen molar-refractivity contribution in [2.45, 2.75) is 6.42 Å². The second-order valence-electron chi connectivity index (χ2n) is 3.06. The standard InChI is InChI=1S/C10H20N2O4/c1-11-9-10(14)12-3-6-16-8-7-15-5-2-4-13/h4,11H,2-3,5-9H2,1H3,(H,12,14). The number of carbonyl (C=O) groups is 2. The van der Waals surface area contributed by atoms with E-state index in [-0.39, 0.29) is 5.91 Å². The first-order valence-corrected chi connectivity index (χ1v) is 5.31. The molecule has 2 N–H and O–H groups in total. The molecule has 0 radical (unpaired) electrons. The predicted octanol–water partition coefficient (Wildman–Crippen LogP) is -1.06. The van der Waals surface area contributed by atoms with E-state index in [4.69, 9.17) is 9.47 Å². The van der Waals surface area contributed by atoms with Gasteiger partial charge in [-0.15, -0.1) is 0 Å². The molecular weight excluding hydrogens is 212 g/mol. The van der Waals surface area contributed by atoms with Gasteiger partial charge in [0.15, 0.2) is 0 Å². The summed E-state index contributed by atoms with van der Waals surface area (Å²) in [6.45, 7) is 2.65. The van der Waals surface area contributed by atoms with Gasteiger partial charge in [-0.25, -0.2) is 0 Å². The average molecular weight is 232 g/mol.